The van der Waals surface area contributed by atoms with Gasteiger partial charge in [0.15, 0.2) is 0 Å². The topological polar surface area (TPSA) is 68.2 Å². The number of nitrogens with zero attached hydrogens (tertiary/aromatic N) is 1. The van der Waals surface area contributed by atoms with E-state index < -0.39 is 5.97 Å². The van der Waals surface area contributed by atoms with E-state index in [1.807, 2.05) is 66.7 Å². The van der Waals surface area contributed by atoms with Crippen molar-refractivity contribution in [3.63, 3.8) is 0 Å². The number of aromatic nitrogens is 1. The lowest BCUT2D eigenvalue weighted by Crippen LogP contribution is -2.10. The lowest BCUT2D eigenvalue weighted by Gasteiger charge is -2.13. The molecule has 0 saturated carbocycles. The summed E-state index contributed by atoms with van der Waals surface area (Å²) >= 11 is 9.69. The van der Waals surface area contributed by atoms with Crippen LogP contribution in [0.15, 0.2) is 95.5 Å². The predicted octanol–water partition coefficient (Wildman–Crippen LogP) is 8.09. The highest BCUT2D eigenvalue weighted by molar-refractivity contribution is 9.10. The molecule has 5 aromatic rings. The summed E-state index contributed by atoms with van der Waals surface area (Å²) in [5.41, 5.74) is 2.96. The van der Waals surface area contributed by atoms with Crippen molar-refractivity contribution >= 4 is 44.4 Å². The first-order valence-corrected chi connectivity index (χ1v) is 14.8. The standard InChI is InChI=1S/C35H29BrClNO6/c1-40-27-9-13-29(14-10-27)42-19-4-3-18-38-33-17-8-25(36)21-31(33)32(22-44-35(39)24-6-5-7-26(37)20-24)34(38)23-43-30-15-11-28(41-2)12-16-30/h5-17,20-21H,18-19,22-23H2,1-2H3. The summed E-state index contributed by atoms with van der Waals surface area (Å²) in [7, 11) is 3.24. The first kappa shape index (κ1) is 30.9. The predicted molar refractivity (Wildman–Crippen MR) is 174 cm³/mol. The summed E-state index contributed by atoms with van der Waals surface area (Å²) in [4.78, 5) is 12.9. The van der Waals surface area contributed by atoms with Crippen LogP contribution < -0.4 is 18.9 Å². The highest BCUT2D eigenvalue weighted by atomic mass is 79.9. The van der Waals surface area contributed by atoms with Crippen LogP contribution in [-0.4, -0.2) is 31.4 Å². The smallest absolute Gasteiger partial charge is 0.338 e. The first-order chi connectivity index (χ1) is 21.4. The Morgan fingerprint density at radius 2 is 1.45 bits per heavy atom. The average Bonchev–Trinajstić information content (AvgIpc) is 3.33. The molecule has 0 spiro atoms. The Labute approximate surface area is 269 Å². The first-order valence-electron chi connectivity index (χ1n) is 13.7. The quantitative estimate of drug-likeness (QED) is 0.104. The van der Waals surface area contributed by atoms with E-state index in [-0.39, 0.29) is 19.8 Å². The number of carbonyl (C=O) groups excluding carboxylic acids is 1. The Balaban J connectivity index is 1.42. The third kappa shape index (κ3) is 7.67. The Morgan fingerprint density at radius 3 is 2.11 bits per heavy atom. The molecule has 0 bridgehead atoms. The third-order valence-electron chi connectivity index (χ3n) is 6.82. The molecular weight excluding hydrogens is 646 g/mol. The zero-order valence-electron chi connectivity index (χ0n) is 24.1. The van der Waals surface area contributed by atoms with Crippen molar-refractivity contribution in [2.45, 2.75) is 19.8 Å². The Kier molecular flexibility index (Phi) is 10.3. The second-order valence-corrected chi connectivity index (χ2v) is 10.9. The SMILES string of the molecule is COc1ccc(OCC#CCn2c(COc3ccc(OC)cc3)c(COC(=O)c3cccc(Cl)c3)c3cc(Br)ccc32)cc1. The molecule has 0 aliphatic heterocycles. The van der Waals surface area contributed by atoms with Gasteiger partial charge < -0.3 is 28.3 Å². The van der Waals surface area contributed by atoms with Gasteiger partial charge in [-0.2, -0.15) is 0 Å². The Hall–Kier alpha value is -4.58. The number of fused-ring (bicyclic) bond motifs is 1. The maximum atomic E-state index is 12.9. The summed E-state index contributed by atoms with van der Waals surface area (Å²) in [6.45, 7) is 0.833. The molecule has 0 fully saturated rings. The molecule has 0 amide bonds. The van der Waals surface area contributed by atoms with E-state index in [0.717, 1.165) is 38.1 Å². The second kappa shape index (κ2) is 14.7. The lowest BCUT2D eigenvalue weighted by atomic mass is 10.1. The van der Waals surface area contributed by atoms with Crippen molar-refractivity contribution in [3.05, 3.63) is 117 Å². The molecule has 0 N–H and O–H groups in total. The largest absolute Gasteiger partial charge is 0.497 e. The van der Waals surface area contributed by atoms with E-state index in [9.17, 15) is 4.79 Å². The van der Waals surface area contributed by atoms with Gasteiger partial charge in [-0.1, -0.05) is 45.4 Å². The molecule has 0 aliphatic carbocycles. The number of carbonyl (C=O) groups is 1. The number of esters is 1. The molecule has 44 heavy (non-hydrogen) atoms. The number of rotatable bonds is 11. The fourth-order valence-corrected chi connectivity index (χ4v) is 5.14. The van der Waals surface area contributed by atoms with Gasteiger partial charge in [0.05, 0.1) is 32.0 Å². The Bertz CT molecular complexity index is 1810. The van der Waals surface area contributed by atoms with Crippen molar-refractivity contribution in [2.24, 2.45) is 0 Å². The molecule has 1 heterocycles. The molecule has 7 nitrogen and oxygen atoms in total. The van der Waals surface area contributed by atoms with Crippen molar-refractivity contribution in [3.8, 4) is 34.8 Å². The number of hydrogen-bond acceptors (Lipinski definition) is 6. The van der Waals surface area contributed by atoms with E-state index >= 15 is 0 Å². The van der Waals surface area contributed by atoms with Crippen LogP contribution in [0.25, 0.3) is 10.9 Å². The van der Waals surface area contributed by atoms with Crippen LogP contribution in [0.4, 0.5) is 0 Å². The van der Waals surface area contributed by atoms with Crippen LogP contribution >= 0.6 is 27.5 Å². The van der Waals surface area contributed by atoms with Gasteiger partial charge >= 0.3 is 5.97 Å². The van der Waals surface area contributed by atoms with Gasteiger partial charge in [0.2, 0.25) is 0 Å². The van der Waals surface area contributed by atoms with E-state index in [0.29, 0.717) is 28.6 Å². The van der Waals surface area contributed by atoms with Gasteiger partial charge in [0, 0.05) is 26.0 Å². The fourth-order valence-electron chi connectivity index (χ4n) is 4.59. The summed E-state index contributed by atoms with van der Waals surface area (Å²) in [5, 5.41) is 1.38. The number of methoxy groups -OCH3 is 2. The van der Waals surface area contributed by atoms with Crippen molar-refractivity contribution < 1.29 is 28.5 Å². The van der Waals surface area contributed by atoms with Gasteiger partial charge in [-0.25, -0.2) is 4.79 Å². The zero-order valence-corrected chi connectivity index (χ0v) is 26.5. The molecule has 0 radical (unpaired) electrons. The molecule has 0 aliphatic rings. The van der Waals surface area contributed by atoms with Crippen molar-refractivity contribution in [1.29, 1.82) is 0 Å². The molecule has 0 atom stereocenters. The molecule has 0 saturated heterocycles. The van der Waals surface area contributed by atoms with Crippen LogP contribution in [0.1, 0.15) is 21.6 Å². The third-order valence-corrected chi connectivity index (χ3v) is 7.55. The maximum absolute atomic E-state index is 12.9. The number of ether oxygens (including phenoxy) is 5. The van der Waals surface area contributed by atoms with Crippen LogP contribution in [0.2, 0.25) is 5.02 Å². The number of benzene rings is 4. The second-order valence-electron chi connectivity index (χ2n) is 9.54. The molecule has 9 heteroatoms. The number of hydrogen-bond donors (Lipinski definition) is 0. The van der Waals surface area contributed by atoms with Crippen LogP contribution in [0.3, 0.4) is 0 Å². The minimum atomic E-state index is -0.471. The Morgan fingerprint density at radius 1 is 0.795 bits per heavy atom. The van der Waals surface area contributed by atoms with E-state index in [1.54, 1.807) is 38.5 Å². The monoisotopic (exact) mass is 673 g/mol. The van der Waals surface area contributed by atoms with Gasteiger partial charge in [0.25, 0.3) is 0 Å². The summed E-state index contributed by atoms with van der Waals surface area (Å²) in [6.07, 6.45) is 0. The van der Waals surface area contributed by atoms with Crippen molar-refractivity contribution in [2.75, 3.05) is 20.8 Å². The zero-order chi connectivity index (χ0) is 30.9. The van der Waals surface area contributed by atoms with Gasteiger partial charge in [-0.3, -0.25) is 0 Å². The minimum Gasteiger partial charge on any atom is -0.497 e. The minimum absolute atomic E-state index is 0.0284. The van der Waals surface area contributed by atoms with Crippen LogP contribution in [0, 0.1) is 11.8 Å². The van der Waals surface area contributed by atoms with E-state index in [1.165, 1.54) is 0 Å². The van der Waals surface area contributed by atoms with Crippen LogP contribution in [-0.2, 0) is 24.5 Å². The van der Waals surface area contributed by atoms with Crippen LogP contribution in [0.5, 0.6) is 23.0 Å². The molecule has 1 aromatic heterocycles. The van der Waals surface area contributed by atoms with Gasteiger partial charge in [-0.15, -0.1) is 0 Å². The normalized spacial score (nSPS) is 10.5. The van der Waals surface area contributed by atoms with E-state index in [2.05, 4.69) is 32.3 Å². The average molecular weight is 675 g/mol. The molecular formula is C35H29BrClNO6. The molecule has 4 aromatic carbocycles. The van der Waals surface area contributed by atoms with Gasteiger partial charge in [-0.05, 0) is 84.9 Å². The van der Waals surface area contributed by atoms with Gasteiger partial charge in [0.1, 0.15) is 42.8 Å². The highest BCUT2D eigenvalue weighted by Gasteiger charge is 2.20. The fraction of sp³-hybridized carbons (Fsp3) is 0.171. The summed E-state index contributed by atoms with van der Waals surface area (Å²) in [6, 6.07) is 27.4. The summed E-state index contributed by atoms with van der Waals surface area (Å²) < 4.78 is 31.2. The van der Waals surface area contributed by atoms with E-state index in [4.69, 9.17) is 35.3 Å². The maximum Gasteiger partial charge on any atom is 0.338 e. The lowest BCUT2D eigenvalue weighted by molar-refractivity contribution is 0.0472. The van der Waals surface area contributed by atoms with Crippen molar-refractivity contribution in [1.82, 2.24) is 4.57 Å². The molecule has 5 rings (SSSR count). The summed E-state index contributed by atoms with van der Waals surface area (Å²) in [5.74, 6) is 8.72. The molecule has 224 valence electrons. The highest BCUT2D eigenvalue weighted by Crippen LogP contribution is 2.31. The number of halogens is 2. The molecule has 0 unspecified atom stereocenters.